The van der Waals surface area contributed by atoms with Crippen molar-refractivity contribution in [3.63, 3.8) is 0 Å². The third kappa shape index (κ3) is 3.21. The Balaban J connectivity index is 1.47. The van der Waals surface area contributed by atoms with Crippen molar-refractivity contribution in [1.29, 1.82) is 0 Å². The number of piperidine rings is 1. The lowest BCUT2D eigenvalue weighted by atomic mass is 10.0. The number of fused-ring (bicyclic) bond motifs is 1. The van der Waals surface area contributed by atoms with Crippen LogP contribution in [0.15, 0.2) is 33.5 Å². The molecule has 0 radical (unpaired) electrons. The Hall–Kier alpha value is -2.12. The van der Waals surface area contributed by atoms with Gasteiger partial charge in [0.05, 0.1) is 24.8 Å². The van der Waals surface area contributed by atoms with E-state index in [-0.39, 0.29) is 24.7 Å². The van der Waals surface area contributed by atoms with Crippen molar-refractivity contribution in [1.82, 2.24) is 9.47 Å². The number of nitrogens with zero attached hydrogens (tertiary/aromatic N) is 2. The number of carbonyl (C=O) groups excluding carboxylic acids is 1. The van der Waals surface area contributed by atoms with Crippen LogP contribution in [0.4, 0.5) is 0 Å². The Bertz CT molecular complexity index is 805. The van der Waals surface area contributed by atoms with Crippen LogP contribution in [0.25, 0.3) is 11.1 Å². The minimum Gasteiger partial charge on any atom is -0.408 e. The molecule has 1 amide bonds. The van der Waals surface area contributed by atoms with Crippen LogP contribution in [-0.2, 0) is 20.8 Å². The normalized spacial score (nSPS) is 21.9. The fourth-order valence-electron chi connectivity index (χ4n) is 3.73. The molecule has 2 fully saturated rings. The Morgan fingerprint density at radius 3 is 2.80 bits per heavy atom. The molecule has 3 heterocycles. The number of ether oxygens (including phenoxy) is 2. The largest absolute Gasteiger partial charge is 0.419 e. The van der Waals surface area contributed by atoms with E-state index in [9.17, 15) is 9.59 Å². The maximum atomic E-state index is 12.8. The number of aryl methyl sites for hydroxylation is 1. The summed E-state index contributed by atoms with van der Waals surface area (Å²) in [5.41, 5.74) is 1.27. The van der Waals surface area contributed by atoms with Crippen LogP contribution in [0, 0.1) is 0 Å². The number of benzene rings is 1. The van der Waals surface area contributed by atoms with Gasteiger partial charge in [0.2, 0.25) is 5.91 Å². The molecule has 25 heavy (non-hydrogen) atoms. The van der Waals surface area contributed by atoms with Crippen LogP contribution in [-0.4, -0.2) is 47.5 Å². The van der Waals surface area contributed by atoms with Gasteiger partial charge in [-0.15, -0.1) is 0 Å². The fraction of sp³-hybridized carbons (Fsp3) is 0.556. The average molecular weight is 346 g/mol. The average Bonchev–Trinajstić information content (AvgIpc) is 3.27. The summed E-state index contributed by atoms with van der Waals surface area (Å²) < 4.78 is 18.0. The molecule has 1 aromatic carbocycles. The van der Waals surface area contributed by atoms with E-state index in [1.54, 1.807) is 6.07 Å². The Morgan fingerprint density at radius 2 is 1.96 bits per heavy atom. The van der Waals surface area contributed by atoms with Crippen LogP contribution in [0.3, 0.4) is 0 Å². The Morgan fingerprint density at radius 1 is 1.16 bits per heavy atom. The SMILES string of the molecule is O=C(CCn1c(=O)oc2ccccc21)N1CCCC[C@@H]1C1OCCO1. The van der Waals surface area contributed by atoms with Crippen molar-refractivity contribution in [2.75, 3.05) is 19.8 Å². The van der Waals surface area contributed by atoms with E-state index in [0.29, 0.717) is 31.9 Å². The zero-order chi connectivity index (χ0) is 17.2. The van der Waals surface area contributed by atoms with Gasteiger partial charge < -0.3 is 18.8 Å². The van der Waals surface area contributed by atoms with Crippen molar-refractivity contribution < 1.29 is 18.7 Å². The molecule has 0 N–H and O–H groups in total. The second-order valence-corrected chi connectivity index (χ2v) is 6.50. The molecule has 7 nitrogen and oxygen atoms in total. The predicted molar refractivity (Wildman–Crippen MR) is 90.1 cm³/mol. The van der Waals surface area contributed by atoms with Gasteiger partial charge in [-0.3, -0.25) is 9.36 Å². The maximum absolute atomic E-state index is 12.8. The molecule has 2 aliphatic heterocycles. The summed E-state index contributed by atoms with van der Waals surface area (Å²) in [4.78, 5) is 26.7. The summed E-state index contributed by atoms with van der Waals surface area (Å²) >= 11 is 0. The summed E-state index contributed by atoms with van der Waals surface area (Å²) in [6.45, 7) is 2.19. The number of rotatable bonds is 4. The lowest BCUT2D eigenvalue weighted by Crippen LogP contribution is -2.50. The number of hydrogen-bond acceptors (Lipinski definition) is 5. The first-order valence-corrected chi connectivity index (χ1v) is 8.85. The highest BCUT2D eigenvalue weighted by Crippen LogP contribution is 2.25. The first-order chi connectivity index (χ1) is 12.2. The van der Waals surface area contributed by atoms with Crippen molar-refractivity contribution in [3.05, 3.63) is 34.8 Å². The third-order valence-corrected chi connectivity index (χ3v) is 4.95. The third-order valence-electron chi connectivity index (χ3n) is 4.95. The van der Waals surface area contributed by atoms with Gasteiger partial charge in [0, 0.05) is 19.5 Å². The molecule has 0 bridgehead atoms. The molecule has 0 unspecified atom stereocenters. The van der Waals surface area contributed by atoms with Crippen molar-refractivity contribution in [2.45, 2.75) is 44.6 Å². The standard InChI is InChI=1S/C18H22N2O5/c21-16(19-9-4-3-6-14(19)17-23-11-12-24-17)8-10-20-13-5-1-2-7-15(13)25-18(20)22/h1-2,5,7,14,17H,3-4,6,8-12H2/t14-/m1/s1. The van der Waals surface area contributed by atoms with E-state index in [1.165, 1.54) is 4.57 Å². The van der Waals surface area contributed by atoms with E-state index in [1.807, 2.05) is 23.1 Å². The quantitative estimate of drug-likeness (QED) is 0.843. The van der Waals surface area contributed by atoms with E-state index < -0.39 is 5.76 Å². The summed E-state index contributed by atoms with van der Waals surface area (Å²) in [5, 5.41) is 0. The lowest BCUT2D eigenvalue weighted by Gasteiger charge is -2.38. The van der Waals surface area contributed by atoms with Gasteiger partial charge >= 0.3 is 5.76 Å². The first kappa shape index (κ1) is 16.4. The van der Waals surface area contributed by atoms with Crippen LogP contribution < -0.4 is 5.76 Å². The van der Waals surface area contributed by atoms with E-state index in [2.05, 4.69) is 0 Å². The van der Waals surface area contributed by atoms with Crippen LogP contribution in [0.5, 0.6) is 0 Å². The molecule has 0 saturated carbocycles. The number of hydrogen-bond donors (Lipinski definition) is 0. The monoisotopic (exact) mass is 346 g/mol. The molecule has 0 aliphatic carbocycles. The van der Waals surface area contributed by atoms with Gasteiger partial charge in [-0.05, 0) is 31.4 Å². The second kappa shape index (κ2) is 7.01. The molecular weight excluding hydrogens is 324 g/mol. The summed E-state index contributed by atoms with van der Waals surface area (Å²) in [5.74, 6) is -0.396. The van der Waals surface area contributed by atoms with Gasteiger partial charge in [-0.1, -0.05) is 12.1 Å². The lowest BCUT2D eigenvalue weighted by molar-refractivity contribution is -0.150. The number of amides is 1. The summed E-state index contributed by atoms with van der Waals surface area (Å²) in [6, 6.07) is 7.23. The van der Waals surface area contributed by atoms with Crippen molar-refractivity contribution in [3.8, 4) is 0 Å². The smallest absolute Gasteiger partial charge is 0.408 e. The molecule has 4 rings (SSSR count). The van der Waals surface area contributed by atoms with Gasteiger partial charge in [-0.25, -0.2) is 4.79 Å². The molecule has 0 spiro atoms. The molecule has 2 saturated heterocycles. The number of para-hydroxylation sites is 2. The topological polar surface area (TPSA) is 73.9 Å². The Labute approximate surface area is 145 Å². The van der Waals surface area contributed by atoms with E-state index in [4.69, 9.17) is 13.9 Å². The molecule has 1 atom stereocenters. The highest BCUT2D eigenvalue weighted by atomic mass is 16.7. The number of likely N-dealkylation sites (tertiary alicyclic amines) is 1. The first-order valence-electron chi connectivity index (χ1n) is 8.85. The predicted octanol–water partition coefficient (Wildman–Crippen LogP) is 1.74. The van der Waals surface area contributed by atoms with Crippen molar-refractivity contribution >= 4 is 17.0 Å². The number of aromatic nitrogens is 1. The minimum atomic E-state index is -0.424. The van der Waals surface area contributed by atoms with Gasteiger partial charge in [0.1, 0.15) is 0 Å². The number of carbonyl (C=O) groups is 1. The summed E-state index contributed by atoms with van der Waals surface area (Å²) in [7, 11) is 0. The molecule has 2 aliphatic rings. The van der Waals surface area contributed by atoms with Gasteiger partial charge in [-0.2, -0.15) is 0 Å². The zero-order valence-electron chi connectivity index (χ0n) is 14.1. The Kier molecular flexibility index (Phi) is 4.59. The molecule has 134 valence electrons. The summed E-state index contributed by atoms with van der Waals surface area (Å²) in [6.07, 6.45) is 2.90. The zero-order valence-corrected chi connectivity index (χ0v) is 14.1. The van der Waals surface area contributed by atoms with Gasteiger partial charge in [0.25, 0.3) is 0 Å². The highest BCUT2D eigenvalue weighted by molar-refractivity contribution is 5.77. The van der Waals surface area contributed by atoms with E-state index in [0.717, 1.165) is 24.8 Å². The molecular formula is C18H22N2O5. The van der Waals surface area contributed by atoms with Crippen LogP contribution in [0.1, 0.15) is 25.7 Å². The van der Waals surface area contributed by atoms with Crippen molar-refractivity contribution in [2.24, 2.45) is 0 Å². The minimum absolute atomic E-state index is 0.0263. The van der Waals surface area contributed by atoms with Gasteiger partial charge in [0.15, 0.2) is 11.9 Å². The second-order valence-electron chi connectivity index (χ2n) is 6.50. The van der Waals surface area contributed by atoms with Crippen LogP contribution >= 0.6 is 0 Å². The van der Waals surface area contributed by atoms with Crippen LogP contribution in [0.2, 0.25) is 0 Å². The number of oxazole rings is 1. The molecule has 2 aromatic rings. The highest BCUT2D eigenvalue weighted by Gasteiger charge is 2.36. The fourth-order valence-corrected chi connectivity index (χ4v) is 3.73. The van der Waals surface area contributed by atoms with E-state index >= 15 is 0 Å². The molecule has 1 aromatic heterocycles. The maximum Gasteiger partial charge on any atom is 0.419 e. The molecule has 7 heteroatoms.